The quantitative estimate of drug-likeness (QED) is 0.348. The minimum atomic E-state index is -1.15. The Morgan fingerprint density at radius 3 is 1.79 bits per heavy atom. The number of pyridine rings is 1. The van der Waals surface area contributed by atoms with E-state index in [1.165, 1.54) is 0 Å². The summed E-state index contributed by atoms with van der Waals surface area (Å²) in [6.45, 7) is 0.972. The maximum atomic E-state index is 11.9. The molecule has 72 valence electrons. The molecule has 0 atom stereocenters. The molecule has 0 aliphatic heterocycles. The molecule has 1 aromatic heterocycles. The van der Waals surface area contributed by atoms with E-state index >= 15 is 0 Å². The zero-order valence-corrected chi connectivity index (χ0v) is 9.55. The predicted octanol–water partition coefficient (Wildman–Crippen LogP) is -2.74. The second-order valence-corrected chi connectivity index (χ2v) is 1.92. The molecule has 1 heterocycles. The molecule has 14 heavy (non-hydrogen) atoms. The average molecular weight is 215 g/mol. The molecule has 0 fully saturated rings. The summed E-state index contributed by atoms with van der Waals surface area (Å²) >= 11 is 0. The fraction of sp³-hybridized carbons (Fsp3) is 0.143. The van der Waals surface area contributed by atoms with Gasteiger partial charge >= 0.3 is 29.6 Å². The van der Waals surface area contributed by atoms with Gasteiger partial charge in [-0.3, -0.25) is 0 Å². The minimum absolute atomic E-state index is 0. The van der Waals surface area contributed by atoms with Crippen molar-refractivity contribution in [2.24, 2.45) is 0 Å². The number of aliphatic carboxylic acids is 1. The second kappa shape index (κ2) is 7.78. The van der Waals surface area contributed by atoms with Gasteiger partial charge in [-0.15, -0.1) is 0 Å². The molecular weight excluding hydrogens is 210 g/mol. The first-order valence-corrected chi connectivity index (χ1v) is 3.08. The molecule has 0 amide bonds. The Kier molecular flexibility index (Phi) is 8.82. The number of carboxylic acids is 1. The molecule has 0 aromatic carbocycles. The molecule has 0 radical (unpaired) electrons. The van der Waals surface area contributed by atoms with Crippen molar-refractivity contribution in [2.75, 3.05) is 0 Å². The molecule has 0 aliphatic rings. The van der Waals surface area contributed by atoms with Gasteiger partial charge in [-0.05, 0) is 6.92 Å². The van der Waals surface area contributed by atoms with Crippen molar-refractivity contribution >= 4 is 5.97 Å². The third-order valence-corrected chi connectivity index (χ3v) is 0.728. The van der Waals surface area contributed by atoms with Crippen LogP contribution >= 0.6 is 0 Å². The van der Waals surface area contributed by atoms with Crippen molar-refractivity contribution in [3.8, 4) is 0 Å². The number of carbonyl (C=O) groups is 1. The molecule has 0 unspecified atom stereocenters. The van der Waals surface area contributed by atoms with Gasteiger partial charge < -0.3 is 9.90 Å². The third-order valence-electron chi connectivity index (χ3n) is 0.728. The Bertz CT molecular complexity index is 255. The summed E-state index contributed by atoms with van der Waals surface area (Å²) in [6.07, 6.45) is 0. The Hall–Kier alpha value is -0.590. The Balaban J connectivity index is 0. The molecule has 0 N–H and O–H groups in total. The number of hydrogen-bond donors (Lipinski definition) is 0. The molecule has 3 nitrogen and oxygen atoms in total. The topological polar surface area (TPSA) is 53.0 Å². The van der Waals surface area contributed by atoms with Gasteiger partial charge in [-0.2, -0.15) is 13.8 Å². The van der Waals surface area contributed by atoms with Gasteiger partial charge in [0.15, 0.2) is 0 Å². The van der Waals surface area contributed by atoms with Gasteiger partial charge in [0, 0.05) is 18.1 Å². The van der Waals surface area contributed by atoms with Crippen molar-refractivity contribution in [3.05, 3.63) is 29.8 Å². The number of carbonyl (C=O) groups excluding carboxylic acids is 1. The van der Waals surface area contributed by atoms with Crippen molar-refractivity contribution in [1.29, 1.82) is 0 Å². The van der Waals surface area contributed by atoms with E-state index in [4.69, 9.17) is 9.90 Å². The first-order valence-electron chi connectivity index (χ1n) is 3.08. The summed E-state index contributed by atoms with van der Waals surface area (Å²) in [5, 5.41) is 8.89. The van der Waals surface area contributed by atoms with Crippen LogP contribution in [0.15, 0.2) is 12.1 Å². The summed E-state index contributed by atoms with van der Waals surface area (Å²) in [7, 11) is 0. The van der Waals surface area contributed by atoms with Crippen LogP contribution in [0.4, 0.5) is 13.2 Å². The monoisotopic (exact) mass is 215 g/mol. The summed E-state index contributed by atoms with van der Waals surface area (Å²) in [5.74, 6) is -4.33. The van der Waals surface area contributed by atoms with E-state index in [0.717, 1.165) is 6.92 Å². The second-order valence-electron chi connectivity index (χ2n) is 1.92. The predicted molar refractivity (Wildman–Crippen MR) is 34.8 cm³/mol. The van der Waals surface area contributed by atoms with Crippen LogP contribution in [0.3, 0.4) is 0 Å². The van der Waals surface area contributed by atoms with Crippen LogP contribution in [-0.4, -0.2) is 11.0 Å². The van der Waals surface area contributed by atoms with E-state index in [-0.39, 0.29) is 29.6 Å². The summed E-state index contributed by atoms with van der Waals surface area (Å²) in [4.78, 5) is 11.6. The normalized spacial score (nSPS) is 8.00. The van der Waals surface area contributed by atoms with Crippen LogP contribution in [0, 0.1) is 17.7 Å². The first-order chi connectivity index (χ1) is 5.91. The average Bonchev–Trinajstić information content (AvgIpc) is 1.80. The van der Waals surface area contributed by atoms with Crippen LogP contribution in [0.2, 0.25) is 0 Å². The first kappa shape index (κ1) is 15.9. The molecule has 1 aromatic rings. The van der Waals surface area contributed by atoms with Gasteiger partial charge in [-0.1, -0.05) is 0 Å². The molecule has 0 bridgehead atoms. The fourth-order valence-corrected chi connectivity index (χ4v) is 0.436. The van der Waals surface area contributed by atoms with Gasteiger partial charge in [-0.25, -0.2) is 4.39 Å². The molecule has 0 saturated carbocycles. The fourth-order valence-electron chi connectivity index (χ4n) is 0.436. The number of halogens is 3. The molecular formula is C7H5F3NNaO2. The van der Waals surface area contributed by atoms with Crippen LogP contribution in [0.5, 0.6) is 0 Å². The van der Waals surface area contributed by atoms with Gasteiger partial charge in [0.2, 0.25) is 11.9 Å². The standard InChI is InChI=1S/C5H2F3N.C2H4O2.Na/c6-3-1-4(7)9-5(8)2-3;1-2(3)4;/h1-2H;1H3,(H,3,4);/q;;+1/p-1. The van der Waals surface area contributed by atoms with E-state index in [9.17, 15) is 13.2 Å². The largest absolute Gasteiger partial charge is 1.00 e. The SMILES string of the molecule is CC(=O)[O-].Fc1cc(F)nc(F)c1.[Na+]. The molecule has 0 spiro atoms. The smallest absolute Gasteiger partial charge is 0.550 e. The van der Waals surface area contributed by atoms with Gasteiger partial charge in [0.1, 0.15) is 5.82 Å². The van der Waals surface area contributed by atoms with Crippen LogP contribution < -0.4 is 34.7 Å². The number of nitrogens with zero attached hydrogens (tertiary/aromatic N) is 1. The van der Waals surface area contributed by atoms with Crippen molar-refractivity contribution in [2.45, 2.75) is 6.92 Å². The van der Waals surface area contributed by atoms with E-state index in [1.807, 2.05) is 0 Å². The Labute approximate surface area is 100 Å². The Morgan fingerprint density at radius 1 is 1.29 bits per heavy atom. The van der Waals surface area contributed by atoms with E-state index in [2.05, 4.69) is 4.98 Å². The maximum Gasteiger partial charge on any atom is 1.00 e. The number of rotatable bonds is 0. The molecule has 0 saturated heterocycles. The number of hydrogen-bond acceptors (Lipinski definition) is 3. The minimum Gasteiger partial charge on any atom is -0.550 e. The number of carboxylic acid groups (broad SMARTS) is 1. The molecule has 0 aliphatic carbocycles. The Morgan fingerprint density at radius 2 is 1.57 bits per heavy atom. The third kappa shape index (κ3) is 9.50. The zero-order valence-electron chi connectivity index (χ0n) is 7.55. The van der Waals surface area contributed by atoms with Crippen LogP contribution in [0.1, 0.15) is 6.92 Å². The molecule has 7 heteroatoms. The van der Waals surface area contributed by atoms with Crippen molar-refractivity contribution in [3.63, 3.8) is 0 Å². The van der Waals surface area contributed by atoms with Crippen molar-refractivity contribution in [1.82, 2.24) is 4.98 Å². The summed E-state index contributed by atoms with van der Waals surface area (Å²) < 4.78 is 35.6. The number of aromatic nitrogens is 1. The van der Waals surface area contributed by atoms with E-state index in [1.54, 1.807) is 0 Å². The zero-order chi connectivity index (χ0) is 10.4. The van der Waals surface area contributed by atoms with Gasteiger partial charge in [0.25, 0.3) is 0 Å². The maximum absolute atomic E-state index is 11.9. The van der Waals surface area contributed by atoms with E-state index in [0.29, 0.717) is 12.1 Å². The van der Waals surface area contributed by atoms with Crippen LogP contribution in [0.25, 0.3) is 0 Å². The van der Waals surface area contributed by atoms with Gasteiger partial charge in [0.05, 0.1) is 0 Å². The van der Waals surface area contributed by atoms with Crippen molar-refractivity contribution < 1.29 is 52.6 Å². The van der Waals surface area contributed by atoms with Crippen LogP contribution in [-0.2, 0) is 4.79 Å². The molecule has 1 rings (SSSR count). The van der Waals surface area contributed by atoms with E-state index < -0.39 is 23.7 Å². The summed E-state index contributed by atoms with van der Waals surface area (Å²) in [6, 6.07) is 1.01. The summed E-state index contributed by atoms with van der Waals surface area (Å²) in [5.41, 5.74) is 0.